The van der Waals surface area contributed by atoms with E-state index in [2.05, 4.69) is 20.5 Å². The summed E-state index contributed by atoms with van der Waals surface area (Å²) in [4.78, 5) is 15.8. The second-order valence-corrected chi connectivity index (χ2v) is 3.80. The number of nitrogens with zero attached hydrogens (tertiary/aromatic N) is 2. The van der Waals surface area contributed by atoms with E-state index in [9.17, 15) is 4.79 Å². The molecule has 1 aromatic carbocycles. The average Bonchev–Trinajstić information content (AvgIpc) is 2.42. The van der Waals surface area contributed by atoms with Gasteiger partial charge in [0.25, 0.3) is 5.56 Å². The van der Waals surface area contributed by atoms with E-state index in [1.54, 1.807) is 12.3 Å². The topological polar surface area (TPSA) is 70.7 Å². The van der Waals surface area contributed by atoms with Crippen LogP contribution in [-0.2, 0) is 0 Å². The number of hydrogen-bond acceptors (Lipinski definition) is 4. The molecule has 0 aliphatic rings. The van der Waals surface area contributed by atoms with E-state index in [1.165, 1.54) is 6.20 Å². The number of anilines is 2. The number of fused-ring (bicyclic) bond motifs is 1. The fraction of sp³-hybridized carbons (Fsp3) is 0. The van der Waals surface area contributed by atoms with Gasteiger partial charge in [0.2, 0.25) is 0 Å². The Morgan fingerprint density at radius 1 is 1.00 bits per heavy atom. The number of hydrogen-bond donors (Lipinski definition) is 2. The predicted molar refractivity (Wildman–Crippen MR) is 69.9 cm³/mol. The van der Waals surface area contributed by atoms with Crippen LogP contribution in [0.25, 0.3) is 10.9 Å². The van der Waals surface area contributed by atoms with Crippen molar-refractivity contribution in [3.63, 3.8) is 0 Å². The maximum Gasteiger partial charge on any atom is 0.287 e. The molecule has 3 rings (SSSR count). The number of pyridine rings is 1. The summed E-state index contributed by atoms with van der Waals surface area (Å²) in [7, 11) is 0. The average molecular weight is 238 g/mol. The fourth-order valence-electron chi connectivity index (χ4n) is 1.80. The molecule has 0 bridgehead atoms. The van der Waals surface area contributed by atoms with E-state index in [0.717, 1.165) is 16.6 Å². The highest BCUT2D eigenvalue weighted by atomic mass is 16.1. The first-order chi connectivity index (χ1) is 8.84. The first-order valence-corrected chi connectivity index (χ1v) is 5.49. The van der Waals surface area contributed by atoms with E-state index in [4.69, 9.17) is 0 Å². The van der Waals surface area contributed by atoms with Gasteiger partial charge in [-0.1, -0.05) is 6.07 Å². The fourth-order valence-corrected chi connectivity index (χ4v) is 1.80. The lowest BCUT2D eigenvalue weighted by Gasteiger charge is -2.07. The van der Waals surface area contributed by atoms with Crippen LogP contribution in [-0.4, -0.2) is 15.2 Å². The van der Waals surface area contributed by atoms with Gasteiger partial charge in [-0.05, 0) is 30.3 Å². The highest BCUT2D eigenvalue weighted by Gasteiger charge is 2.03. The Kier molecular flexibility index (Phi) is 2.49. The summed E-state index contributed by atoms with van der Waals surface area (Å²) in [6.07, 6.45) is 3.28. The third-order valence-corrected chi connectivity index (χ3v) is 2.64. The van der Waals surface area contributed by atoms with Gasteiger partial charge >= 0.3 is 0 Å². The third-order valence-electron chi connectivity index (χ3n) is 2.64. The zero-order valence-corrected chi connectivity index (χ0v) is 9.42. The minimum Gasteiger partial charge on any atom is -0.350 e. The normalized spacial score (nSPS) is 10.4. The Bertz CT molecular complexity index is 746. The summed E-state index contributed by atoms with van der Waals surface area (Å²) in [5.74, 6) is 0. The van der Waals surface area contributed by atoms with Crippen molar-refractivity contribution in [1.29, 1.82) is 0 Å². The molecule has 3 aromatic rings. The van der Waals surface area contributed by atoms with Gasteiger partial charge in [0, 0.05) is 23.5 Å². The number of nitrogens with one attached hydrogen (secondary N) is 2. The molecule has 0 unspecified atom stereocenters. The Morgan fingerprint density at radius 3 is 2.83 bits per heavy atom. The maximum absolute atomic E-state index is 11.6. The largest absolute Gasteiger partial charge is 0.350 e. The van der Waals surface area contributed by atoms with E-state index in [1.807, 2.05) is 30.3 Å². The molecule has 2 heterocycles. The first kappa shape index (κ1) is 10.5. The highest BCUT2D eigenvalue weighted by molar-refractivity contribution is 5.92. The van der Waals surface area contributed by atoms with Gasteiger partial charge < -0.3 is 5.32 Å². The van der Waals surface area contributed by atoms with Crippen molar-refractivity contribution in [2.24, 2.45) is 0 Å². The monoisotopic (exact) mass is 238 g/mol. The molecule has 0 saturated heterocycles. The van der Waals surface area contributed by atoms with Crippen LogP contribution in [0.1, 0.15) is 0 Å². The molecule has 0 fully saturated rings. The summed E-state index contributed by atoms with van der Waals surface area (Å²) >= 11 is 0. The molecule has 0 aliphatic heterocycles. The number of H-pyrrole nitrogens is 1. The molecule has 88 valence electrons. The van der Waals surface area contributed by atoms with Gasteiger partial charge in [0.05, 0.1) is 5.52 Å². The Morgan fingerprint density at radius 2 is 1.94 bits per heavy atom. The summed E-state index contributed by atoms with van der Waals surface area (Å²) in [6, 6.07) is 11.2. The Balaban J connectivity index is 2.11. The molecule has 0 amide bonds. The van der Waals surface area contributed by atoms with Crippen LogP contribution in [0.4, 0.5) is 11.4 Å². The minimum absolute atomic E-state index is 0.251. The molecular formula is C13H10N4O. The van der Waals surface area contributed by atoms with Crippen molar-refractivity contribution in [1.82, 2.24) is 15.2 Å². The lowest BCUT2D eigenvalue weighted by atomic mass is 10.2. The van der Waals surface area contributed by atoms with Crippen molar-refractivity contribution in [3.05, 3.63) is 59.1 Å². The zero-order valence-electron chi connectivity index (χ0n) is 9.42. The molecule has 5 nitrogen and oxygen atoms in total. The van der Waals surface area contributed by atoms with Crippen molar-refractivity contribution in [2.45, 2.75) is 0 Å². The van der Waals surface area contributed by atoms with Crippen LogP contribution in [0.5, 0.6) is 0 Å². The summed E-state index contributed by atoms with van der Waals surface area (Å²) in [5, 5.41) is 10.1. The van der Waals surface area contributed by atoms with Crippen LogP contribution in [0.3, 0.4) is 0 Å². The number of aromatic nitrogens is 3. The summed E-state index contributed by atoms with van der Waals surface area (Å²) in [5.41, 5.74) is 1.94. The molecule has 5 heteroatoms. The Labute approximate surface area is 103 Å². The van der Waals surface area contributed by atoms with Crippen LogP contribution in [0.15, 0.2) is 53.6 Å². The van der Waals surface area contributed by atoms with Crippen LogP contribution in [0.2, 0.25) is 0 Å². The van der Waals surface area contributed by atoms with Gasteiger partial charge in [-0.15, -0.1) is 0 Å². The standard InChI is InChI=1S/C13H10N4O/c18-13-12(6-8-15-17-13)16-11-5-1-4-10-9(11)3-2-7-14-10/h1-8H,(H,15,16)(H,17,18). The second-order valence-electron chi connectivity index (χ2n) is 3.80. The third kappa shape index (κ3) is 1.82. The van der Waals surface area contributed by atoms with Crippen LogP contribution >= 0.6 is 0 Å². The quantitative estimate of drug-likeness (QED) is 0.717. The number of aromatic amines is 1. The highest BCUT2D eigenvalue weighted by Crippen LogP contribution is 2.23. The Hall–Kier alpha value is -2.69. The first-order valence-electron chi connectivity index (χ1n) is 5.49. The molecule has 2 aromatic heterocycles. The van der Waals surface area contributed by atoms with Crippen molar-refractivity contribution >= 4 is 22.3 Å². The molecule has 0 aliphatic carbocycles. The van der Waals surface area contributed by atoms with E-state index < -0.39 is 0 Å². The number of benzene rings is 1. The lowest BCUT2D eigenvalue weighted by Crippen LogP contribution is -2.12. The van der Waals surface area contributed by atoms with Crippen LogP contribution < -0.4 is 10.9 Å². The van der Waals surface area contributed by atoms with Crippen molar-refractivity contribution in [2.75, 3.05) is 5.32 Å². The molecule has 0 radical (unpaired) electrons. The van der Waals surface area contributed by atoms with Crippen LogP contribution in [0, 0.1) is 0 Å². The molecule has 0 saturated carbocycles. The van der Waals surface area contributed by atoms with Gasteiger partial charge in [-0.2, -0.15) is 5.10 Å². The lowest BCUT2D eigenvalue weighted by molar-refractivity contribution is 0.991. The summed E-state index contributed by atoms with van der Waals surface area (Å²) in [6.45, 7) is 0. The van der Waals surface area contributed by atoms with Crippen molar-refractivity contribution in [3.8, 4) is 0 Å². The number of rotatable bonds is 2. The van der Waals surface area contributed by atoms with E-state index in [0.29, 0.717) is 5.69 Å². The predicted octanol–water partition coefficient (Wildman–Crippen LogP) is 2.06. The van der Waals surface area contributed by atoms with Gasteiger partial charge in [-0.3, -0.25) is 9.78 Å². The van der Waals surface area contributed by atoms with Gasteiger partial charge in [0.15, 0.2) is 0 Å². The molecule has 0 spiro atoms. The molecule has 0 atom stereocenters. The van der Waals surface area contributed by atoms with Gasteiger partial charge in [-0.25, -0.2) is 5.10 Å². The van der Waals surface area contributed by atoms with Crippen molar-refractivity contribution < 1.29 is 0 Å². The maximum atomic E-state index is 11.6. The van der Waals surface area contributed by atoms with E-state index in [-0.39, 0.29) is 5.56 Å². The minimum atomic E-state index is -0.251. The molecule has 18 heavy (non-hydrogen) atoms. The molecule has 2 N–H and O–H groups in total. The van der Waals surface area contributed by atoms with Gasteiger partial charge in [0.1, 0.15) is 5.69 Å². The van der Waals surface area contributed by atoms with E-state index >= 15 is 0 Å². The second kappa shape index (κ2) is 4.29. The SMILES string of the molecule is O=c1[nH]nccc1Nc1cccc2ncccc12. The smallest absolute Gasteiger partial charge is 0.287 e. The molecular weight excluding hydrogens is 228 g/mol. The summed E-state index contributed by atoms with van der Waals surface area (Å²) < 4.78 is 0. The zero-order chi connectivity index (χ0) is 12.4.